The number of amides is 1. The highest BCUT2D eigenvalue weighted by molar-refractivity contribution is 7.71. The summed E-state index contributed by atoms with van der Waals surface area (Å²) in [5.74, 6) is 0.0137. The van der Waals surface area contributed by atoms with E-state index in [1.807, 2.05) is 36.4 Å². The number of nitrogens with one attached hydrogen (secondary N) is 1. The van der Waals surface area contributed by atoms with Crippen LogP contribution in [-0.2, 0) is 17.9 Å². The van der Waals surface area contributed by atoms with Crippen molar-refractivity contribution in [2.45, 2.75) is 26.0 Å². The predicted octanol–water partition coefficient (Wildman–Crippen LogP) is 3.86. The number of hydrogen-bond acceptors (Lipinski definition) is 5. The topological polar surface area (TPSA) is 87.6 Å². The fourth-order valence-electron chi connectivity index (χ4n) is 3.34. The highest BCUT2D eigenvalue weighted by Crippen LogP contribution is 2.22. The average molecular weight is 428 g/mol. The molecule has 1 amide bonds. The number of nitrogens with zero attached hydrogens (tertiary/aromatic N) is 2. The van der Waals surface area contributed by atoms with Crippen molar-refractivity contribution in [3.8, 4) is 5.88 Å². The maximum absolute atomic E-state index is 12.3. The highest BCUT2D eigenvalue weighted by atomic mass is 32.1. The van der Waals surface area contributed by atoms with E-state index >= 15 is 0 Å². The van der Waals surface area contributed by atoms with Crippen molar-refractivity contribution in [2.75, 3.05) is 13.1 Å². The van der Waals surface area contributed by atoms with Gasteiger partial charge in [0, 0.05) is 19.6 Å². The average Bonchev–Trinajstić information content (AvgIpc) is 2.76. The lowest BCUT2D eigenvalue weighted by Gasteiger charge is -2.30. The molecule has 0 aliphatic carbocycles. The lowest BCUT2D eigenvalue weighted by Crippen LogP contribution is -2.38. The zero-order valence-corrected chi connectivity index (χ0v) is 17.4. The second-order valence-corrected chi connectivity index (χ2v) is 7.51. The first-order chi connectivity index (χ1) is 14.5. The van der Waals surface area contributed by atoms with Gasteiger partial charge in [0.2, 0.25) is 5.88 Å². The van der Waals surface area contributed by atoms with Gasteiger partial charge in [-0.3, -0.25) is 14.3 Å². The lowest BCUT2D eigenvalue weighted by atomic mass is 9.96. The van der Waals surface area contributed by atoms with Crippen LogP contribution in [0.25, 0.3) is 6.08 Å². The third-order valence-corrected chi connectivity index (χ3v) is 5.38. The Morgan fingerprint density at radius 1 is 1.30 bits per heavy atom. The van der Waals surface area contributed by atoms with Gasteiger partial charge in [0.15, 0.2) is 4.77 Å². The summed E-state index contributed by atoms with van der Waals surface area (Å²) >= 11 is 5.08. The molecule has 3 rings (SSSR count). The van der Waals surface area contributed by atoms with E-state index in [2.05, 4.69) is 11.6 Å². The van der Waals surface area contributed by atoms with Crippen molar-refractivity contribution < 1.29 is 14.6 Å². The summed E-state index contributed by atoms with van der Waals surface area (Å²) in [6.07, 6.45) is 6.30. The molecule has 158 valence electrons. The number of allylic oxidation sites excluding steroid dienone is 2. The number of carbonyl (C=O) groups excluding carboxylic acids is 1. The second-order valence-electron chi connectivity index (χ2n) is 7.12. The van der Waals surface area contributed by atoms with Crippen LogP contribution in [0.4, 0.5) is 4.79 Å². The Labute approximate surface area is 179 Å². The molecule has 0 unspecified atom stereocenters. The number of hydrogen-bond donors (Lipinski definition) is 2. The van der Waals surface area contributed by atoms with E-state index in [9.17, 15) is 14.7 Å². The molecule has 1 aromatic carbocycles. The number of ether oxygens (including phenoxy) is 1. The van der Waals surface area contributed by atoms with Gasteiger partial charge in [0.25, 0.3) is 5.56 Å². The smallest absolute Gasteiger partial charge is 0.410 e. The fourth-order valence-corrected chi connectivity index (χ4v) is 3.59. The summed E-state index contributed by atoms with van der Waals surface area (Å²) in [6.45, 7) is 5.33. The number of H-pyrrole nitrogens is 1. The van der Waals surface area contributed by atoms with E-state index in [1.165, 1.54) is 4.57 Å². The molecule has 1 aliphatic heterocycles. The third-order valence-electron chi connectivity index (χ3n) is 5.06. The summed E-state index contributed by atoms with van der Waals surface area (Å²) in [5, 5.41) is 10.4. The SMILES string of the molecule is C=CCn1c(O)c(C=CC2CCN(C(=O)OCc3ccccc3)CC2)c(=O)[nH]c1=S. The van der Waals surface area contributed by atoms with Gasteiger partial charge in [0.05, 0.1) is 5.56 Å². The molecule has 1 aromatic heterocycles. The molecule has 8 heteroatoms. The van der Waals surface area contributed by atoms with Crippen LogP contribution < -0.4 is 5.56 Å². The molecule has 2 N–H and O–H groups in total. The summed E-state index contributed by atoms with van der Waals surface area (Å²) in [5.41, 5.74) is 0.679. The minimum atomic E-state index is -0.434. The first-order valence-corrected chi connectivity index (χ1v) is 10.2. The van der Waals surface area contributed by atoms with Crippen molar-refractivity contribution >= 4 is 24.4 Å². The molecule has 1 saturated heterocycles. The van der Waals surface area contributed by atoms with Gasteiger partial charge in [0.1, 0.15) is 6.61 Å². The van der Waals surface area contributed by atoms with Gasteiger partial charge in [-0.15, -0.1) is 6.58 Å². The Morgan fingerprint density at radius 3 is 2.67 bits per heavy atom. The molecule has 30 heavy (non-hydrogen) atoms. The quantitative estimate of drug-likeness (QED) is 0.540. The van der Waals surface area contributed by atoms with Gasteiger partial charge < -0.3 is 14.7 Å². The van der Waals surface area contributed by atoms with E-state index in [0.29, 0.717) is 19.6 Å². The largest absolute Gasteiger partial charge is 0.494 e. The molecule has 7 nitrogen and oxygen atoms in total. The zero-order chi connectivity index (χ0) is 21.5. The van der Waals surface area contributed by atoms with Gasteiger partial charge in [-0.25, -0.2) is 4.79 Å². The second kappa shape index (κ2) is 10.1. The van der Waals surface area contributed by atoms with E-state index in [4.69, 9.17) is 17.0 Å². The van der Waals surface area contributed by atoms with E-state index < -0.39 is 5.56 Å². The number of rotatable bonds is 6. The molecular formula is C22H25N3O4S. The first kappa shape index (κ1) is 21.6. The van der Waals surface area contributed by atoms with Crippen LogP contribution >= 0.6 is 12.2 Å². The van der Waals surface area contributed by atoms with Gasteiger partial charge >= 0.3 is 6.09 Å². The van der Waals surface area contributed by atoms with E-state index in [0.717, 1.165) is 18.4 Å². The molecule has 0 saturated carbocycles. The minimum Gasteiger partial charge on any atom is -0.494 e. The van der Waals surface area contributed by atoms with Crippen LogP contribution in [-0.4, -0.2) is 38.7 Å². The number of carbonyl (C=O) groups is 1. The molecule has 1 aliphatic rings. The third kappa shape index (κ3) is 5.27. The summed E-state index contributed by atoms with van der Waals surface area (Å²) < 4.78 is 6.94. The lowest BCUT2D eigenvalue weighted by molar-refractivity contribution is 0.0855. The van der Waals surface area contributed by atoms with Crippen molar-refractivity contribution in [3.05, 3.63) is 75.3 Å². The van der Waals surface area contributed by atoms with Crippen molar-refractivity contribution in [1.29, 1.82) is 0 Å². The minimum absolute atomic E-state index is 0.150. The van der Waals surface area contributed by atoms with E-state index in [1.54, 1.807) is 17.1 Å². The van der Waals surface area contributed by atoms with Crippen LogP contribution in [0.15, 0.2) is 53.9 Å². The highest BCUT2D eigenvalue weighted by Gasteiger charge is 2.22. The van der Waals surface area contributed by atoms with Gasteiger partial charge in [-0.1, -0.05) is 42.5 Å². The molecular weight excluding hydrogens is 402 g/mol. The van der Waals surface area contributed by atoms with Crippen molar-refractivity contribution in [3.63, 3.8) is 0 Å². The van der Waals surface area contributed by atoms with Crippen LogP contribution in [0.3, 0.4) is 0 Å². The Balaban J connectivity index is 1.57. The molecule has 1 fully saturated rings. The van der Waals surface area contributed by atoms with Crippen LogP contribution in [0.2, 0.25) is 0 Å². The van der Waals surface area contributed by atoms with Gasteiger partial charge in [-0.05, 0) is 42.6 Å². The molecule has 2 aromatic rings. The summed E-state index contributed by atoms with van der Waals surface area (Å²) in [4.78, 5) is 28.7. The van der Waals surface area contributed by atoms with Crippen LogP contribution in [0.1, 0.15) is 24.0 Å². The molecule has 0 radical (unpaired) electrons. The van der Waals surface area contributed by atoms with E-state index in [-0.39, 0.29) is 34.8 Å². The monoisotopic (exact) mass is 427 g/mol. The van der Waals surface area contributed by atoms with Gasteiger partial charge in [-0.2, -0.15) is 0 Å². The number of aromatic nitrogens is 2. The molecule has 0 spiro atoms. The van der Waals surface area contributed by atoms with Crippen molar-refractivity contribution in [2.24, 2.45) is 5.92 Å². The van der Waals surface area contributed by atoms with Crippen LogP contribution in [0, 0.1) is 10.7 Å². The fraction of sp³-hybridized carbons (Fsp3) is 0.318. The zero-order valence-electron chi connectivity index (χ0n) is 16.6. The molecule has 0 bridgehead atoms. The number of likely N-dealkylation sites (tertiary alicyclic amines) is 1. The number of aromatic hydroxyl groups is 1. The normalized spacial score (nSPS) is 14.7. The first-order valence-electron chi connectivity index (χ1n) is 9.80. The molecule has 2 heterocycles. The van der Waals surface area contributed by atoms with Crippen molar-refractivity contribution in [1.82, 2.24) is 14.5 Å². The maximum atomic E-state index is 12.3. The van der Waals surface area contributed by atoms with Crippen LogP contribution in [0.5, 0.6) is 5.88 Å². The number of piperidine rings is 1. The summed E-state index contributed by atoms with van der Waals surface area (Å²) in [6, 6.07) is 9.56. The Morgan fingerprint density at radius 2 is 2.00 bits per heavy atom. The maximum Gasteiger partial charge on any atom is 0.410 e. The Hall–Kier alpha value is -3.13. The number of benzene rings is 1. The Bertz CT molecular complexity index is 1030. The standard InChI is InChI=1S/C22H25N3O4S/c1-2-12-25-20(27)18(19(26)23-21(25)30)9-8-16-10-13-24(14-11-16)22(28)29-15-17-6-4-3-5-7-17/h2-9,16,27H,1,10-15H2,(H,23,26,30). The summed E-state index contributed by atoms with van der Waals surface area (Å²) in [7, 11) is 0. The predicted molar refractivity (Wildman–Crippen MR) is 118 cm³/mol. The molecule has 0 atom stereocenters. The number of aromatic amines is 1. The Kier molecular flexibility index (Phi) is 7.24.